The monoisotopic (exact) mass is 310 g/mol. The zero-order valence-corrected chi connectivity index (χ0v) is 11.1. The summed E-state index contributed by atoms with van der Waals surface area (Å²) in [6.45, 7) is 3.71. The van der Waals surface area contributed by atoms with Gasteiger partial charge in [0.1, 0.15) is 0 Å². The third-order valence-corrected chi connectivity index (χ3v) is 2.87. The molecular formula is C12H14BrF3O. The predicted molar refractivity (Wildman–Crippen MR) is 63.6 cm³/mol. The fraction of sp³-hybridized carbons (Fsp3) is 0.500. The van der Waals surface area contributed by atoms with Crippen LogP contribution in [-0.4, -0.2) is 5.11 Å². The van der Waals surface area contributed by atoms with Gasteiger partial charge in [-0.1, -0.05) is 35.8 Å². The van der Waals surface area contributed by atoms with E-state index in [1.165, 1.54) is 12.1 Å². The molecule has 0 saturated carbocycles. The van der Waals surface area contributed by atoms with Gasteiger partial charge in [-0.25, -0.2) is 0 Å². The summed E-state index contributed by atoms with van der Waals surface area (Å²) in [7, 11) is 0. The average molecular weight is 311 g/mol. The van der Waals surface area contributed by atoms with E-state index in [0.29, 0.717) is 10.9 Å². The summed E-state index contributed by atoms with van der Waals surface area (Å²) >= 11 is 3.01. The van der Waals surface area contributed by atoms with Crippen molar-refractivity contribution in [2.75, 3.05) is 0 Å². The molecule has 0 aromatic heterocycles. The third kappa shape index (κ3) is 4.00. The van der Waals surface area contributed by atoms with Crippen molar-refractivity contribution in [3.8, 4) is 0 Å². The lowest BCUT2D eigenvalue weighted by molar-refractivity contribution is -0.139. The van der Waals surface area contributed by atoms with Crippen LogP contribution in [0.25, 0.3) is 0 Å². The van der Waals surface area contributed by atoms with E-state index in [4.69, 9.17) is 0 Å². The van der Waals surface area contributed by atoms with Crippen LogP contribution in [0.2, 0.25) is 0 Å². The van der Waals surface area contributed by atoms with Gasteiger partial charge >= 0.3 is 6.18 Å². The van der Waals surface area contributed by atoms with E-state index in [-0.39, 0.29) is 11.5 Å². The molecule has 1 rings (SSSR count). The summed E-state index contributed by atoms with van der Waals surface area (Å²) in [5, 5.41) is 9.81. The number of hydrogen-bond donors (Lipinski definition) is 1. The molecule has 1 atom stereocenters. The molecule has 0 aliphatic rings. The summed E-state index contributed by atoms with van der Waals surface area (Å²) in [5.41, 5.74) is -0.838. The van der Waals surface area contributed by atoms with Crippen molar-refractivity contribution in [1.29, 1.82) is 0 Å². The highest BCUT2D eigenvalue weighted by molar-refractivity contribution is 9.10. The molecule has 0 heterocycles. The van der Waals surface area contributed by atoms with Crippen LogP contribution in [0.4, 0.5) is 13.2 Å². The quantitative estimate of drug-likeness (QED) is 0.868. The van der Waals surface area contributed by atoms with E-state index < -0.39 is 17.8 Å². The van der Waals surface area contributed by atoms with Crippen LogP contribution in [0.15, 0.2) is 22.7 Å². The summed E-state index contributed by atoms with van der Waals surface area (Å²) in [6, 6.07) is 3.83. The number of rotatable bonds is 3. The summed E-state index contributed by atoms with van der Waals surface area (Å²) < 4.78 is 38.7. The Morgan fingerprint density at radius 1 is 1.29 bits per heavy atom. The molecule has 0 aliphatic carbocycles. The fourth-order valence-corrected chi connectivity index (χ4v) is 2.00. The first-order valence-corrected chi connectivity index (χ1v) is 6.06. The van der Waals surface area contributed by atoms with Crippen molar-refractivity contribution in [2.24, 2.45) is 5.92 Å². The average Bonchev–Trinajstić information content (AvgIpc) is 2.14. The van der Waals surface area contributed by atoms with Crippen LogP contribution in [0.5, 0.6) is 0 Å². The molecule has 0 aliphatic heterocycles. The molecule has 96 valence electrons. The van der Waals surface area contributed by atoms with Gasteiger partial charge in [-0.2, -0.15) is 13.2 Å². The van der Waals surface area contributed by atoms with Gasteiger partial charge in [-0.05, 0) is 30.0 Å². The molecule has 0 bridgehead atoms. The lowest BCUT2D eigenvalue weighted by Gasteiger charge is -2.19. The Hall–Kier alpha value is -0.550. The van der Waals surface area contributed by atoms with E-state index in [9.17, 15) is 18.3 Å². The molecule has 5 heteroatoms. The van der Waals surface area contributed by atoms with Crippen molar-refractivity contribution in [3.05, 3.63) is 33.8 Å². The van der Waals surface area contributed by atoms with Gasteiger partial charge in [0.2, 0.25) is 0 Å². The molecule has 0 amide bonds. The van der Waals surface area contributed by atoms with E-state index in [0.717, 1.165) is 6.07 Å². The Morgan fingerprint density at radius 3 is 2.35 bits per heavy atom. The summed E-state index contributed by atoms with van der Waals surface area (Å²) in [5.74, 6) is 0.134. The number of aliphatic hydroxyl groups excluding tert-OH is 1. The van der Waals surface area contributed by atoms with Crippen molar-refractivity contribution < 1.29 is 18.3 Å². The number of halogens is 4. The van der Waals surface area contributed by atoms with Gasteiger partial charge < -0.3 is 5.11 Å². The molecule has 0 fully saturated rings. The third-order valence-electron chi connectivity index (χ3n) is 2.37. The number of hydrogen-bond acceptors (Lipinski definition) is 1. The first-order chi connectivity index (χ1) is 7.71. The first kappa shape index (κ1) is 14.5. The second-order valence-electron chi connectivity index (χ2n) is 4.37. The van der Waals surface area contributed by atoms with Crippen molar-refractivity contribution >= 4 is 15.9 Å². The van der Waals surface area contributed by atoms with Gasteiger partial charge in [-0.15, -0.1) is 0 Å². The van der Waals surface area contributed by atoms with Crippen LogP contribution in [0.3, 0.4) is 0 Å². The van der Waals surface area contributed by atoms with Gasteiger partial charge in [-0.3, -0.25) is 0 Å². The number of benzene rings is 1. The molecular weight excluding hydrogens is 297 g/mol. The van der Waals surface area contributed by atoms with Gasteiger partial charge in [0, 0.05) is 4.47 Å². The zero-order chi connectivity index (χ0) is 13.2. The first-order valence-electron chi connectivity index (χ1n) is 5.26. The van der Waals surface area contributed by atoms with Gasteiger partial charge in [0.15, 0.2) is 0 Å². The number of alkyl halides is 3. The SMILES string of the molecule is CC(C)CC(O)c1ccc(Br)cc1C(F)(F)F. The van der Waals surface area contributed by atoms with Gasteiger partial charge in [0.25, 0.3) is 0 Å². The van der Waals surface area contributed by atoms with E-state index in [2.05, 4.69) is 15.9 Å². The molecule has 0 radical (unpaired) electrons. The van der Waals surface area contributed by atoms with E-state index >= 15 is 0 Å². The van der Waals surface area contributed by atoms with Crippen LogP contribution >= 0.6 is 15.9 Å². The Kier molecular flexibility index (Phi) is 4.61. The minimum atomic E-state index is -4.45. The second-order valence-corrected chi connectivity index (χ2v) is 5.29. The molecule has 1 N–H and O–H groups in total. The Morgan fingerprint density at radius 2 is 1.88 bits per heavy atom. The van der Waals surface area contributed by atoms with Crippen LogP contribution in [0.1, 0.15) is 37.5 Å². The maximum absolute atomic E-state index is 12.8. The highest BCUT2D eigenvalue weighted by Crippen LogP contribution is 2.37. The molecule has 1 nitrogen and oxygen atoms in total. The maximum Gasteiger partial charge on any atom is 0.416 e. The minimum absolute atomic E-state index is 0.0607. The molecule has 0 spiro atoms. The molecule has 1 aromatic carbocycles. The minimum Gasteiger partial charge on any atom is -0.388 e. The lowest BCUT2D eigenvalue weighted by atomic mass is 9.95. The highest BCUT2D eigenvalue weighted by Gasteiger charge is 2.35. The van der Waals surface area contributed by atoms with Crippen LogP contribution in [0, 0.1) is 5.92 Å². The largest absolute Gasteiger partial charge is 0.416 e. The van der Waals surface area contributed by atoms with E-state index in [1.54, 1.807) is 0 Å². The van der Waals surface area contributed by atoms with Crippen molar-refractivity contribution in [2.45, 2.75) is 32.5 Å². The topological polar surface area (TPSA) is 20.2 Å². The van der Waals surface area contributed by atoms with Crippen LogP contribution < -0.4 is 0 Å². The summed E-state index contributed by atoms with van der Waals surface area (Å²) in [4.78, 5) is 0. The Balaban J connectivity index is 3.15. The molecule has 1 aromatic rings. The molecule has 1 unspecified atom stereocenters. The fourth-order valence-electron chi connectivity index (χ4n) is 1.64. The maximum atomic E-state index is 12.8. The van der Waals surface area contributed by atoms with Gasteiger partial charge in [0.05, 0.1) is 11.7 Å². The lowest BCUT2D eigenvalue weighted by Crippen LogP contribution is -2.13. The standard InChI is InChI=1S/C12H14BrF3O/c1-7(2)5-11(17)9-4-3-8(13)6-10(9)12(14,15)16/h3-4,6-7,11,17H,5H2,1-2H3. The predicted octanol–water partition coefficient (Wildman–Crippen LogP) is 4.55. The number of aliphatic hydroxyl groups is 1. The summed E-state index contributed by atoms with van der Waals surface area (Å²) in [6.07, 6.45) is -5.22. The second kappa shape index (κ2) is 5.40. The van der Waals surface area contributed by atoms with E-state index in [1.807, 2.05) is 13.8 Å². The zero-order valence-electron chi connectivity index (χ0n) is 9.55. The van der Waals surface area contributed by atoms with Crippen molar-refractivity contribution in [3.63, 3.8) is 0 Å². The normalized spacial score (nSPS) is 14.1. The Bertz CT molecular complexity index is 388. The Labute approximate surface area is 107 Å². The highest BCUT2D eigenvalue weighted by atomic mass is 79.9. The molecule has 17 heavy (non-hydrogen) atoms. The van der Waals surface area contributed by atoms with Crippen molar-refractivity contribution in [1.82, 2.24) is 0 Å². The van der Waals surface area contributed by atoms with Crippen LogP contribution in [-0.2, 0) is 6.18 Å². The smallest absolute Gasteiger partial charge is 0.388 e. The molecule has 0 saturated heterocycles.